The predicted molar refractivity (Wildman–Crippen MR) is 121 cm³/mol. The Hall–Kier alpha value is -3.54. The molecule has 4 heterocycles. The van der Waals surface area contributed by atoms with Crippen LogP contribution in [0, 0.1) is 12.7 Å². The van der Waals surface area contributed by atoms with Gasteiger partial charge in [-0.15, -0.1) is 5.10 Å². The van der Waals surface area contributed by atoms with Gasteiger partial charge in [-0.3, -0.25) is 4.90 Å². The summed E-state index contributed by atoms with van der Waals surface area (Å²) in [7, 11) is -2.99. The molecule has 34 heavy (non-hydrogen) atoms. The summed E-state index contributed by atoms with van der Waals surface area (Å²) in [5.74, 6) is 0.412. The van der Waals surface area contributed by atoms with Gasteiger partial charge in [0.2, 0.25) is 0 Å². The van der Waals surface area contributed by atoms with Crippen LogP contribution in [0.2, 0.25) is 0 Å². The maximum absolute atomic E-state index is 15.4. The maximum Gasteiger partial charge on any atom is 0.411 e. The zero-order valence-electron chi connectivity index (χ0n) is 18.5. The molecule has 12 heteroatoms. The number of ether oxygens (including phenoxy) is 1. The molecule has 0 radical (unpaired) electrons. The number of hydrogen-bond acceptors (Lipinski definition) is 8. The van der Waals surface area contributed by atoms with E-state index in [0.717, 1.165) is 0 Å². The molecule has 0 N–H and O–H groups in total. The van der Waals surface area contributed by atoms with Gasteiger partial charge < -0.3 is 9.64 Å². The summed E-state index contributed by atoms with van der Waals surface area (Å²) in [6.45, 7) is 3.19. The van der Waals surface area contributed by atoms with Crippen LogP contribution in [0.3, 0.4) is 0 Å². The number of benzene rings is 1. The fourth-order valence-electron chi connectivity index (χ4n) is 4.31. The van der Waals surface area contributed by atoms with Gasteiger partial charge in [-0.1, -0.05) is 17.3 Å². The van der Waals surface area contributed by atoms with E-state index in [1.54, 1.807) is 37.4 Å². The molecule has 5 rings (SSSR count). The van der Waals surface area contributed by atoms with E-state index < -0.39 is 27.9 Å². The van der Waals surface area contributed by atoms with Crippen molar-refractivity contribution in [3.63, 3.8) is 0 Å². The van der Waals surface area contributed by atoms with Gasteiger partial charge in [-0.25, -0.2) is 27.3 Å². The summed E-state index contributed by atoms with van der Waals surface area (Å²) in [5.41, 5.74) is 2.18. The smallest absolute Gasteiger partial charge is 0.411 e. The second-order valence-electron chi connectivity index (χ2n) is 8.25. The van der Waals surface area contributed by atoms with E-state index in [4.69, 9.17) is 4.74 Å². The first-order valence-corrected chi connectivity index (χ1v) is 12.7. The standard InChI is InChI=1S/C22H23FN6O4S/c1-15-17(4-5-20(25-15)27-9-12-34(31,32)13-10-27)18-3-2-16(14-19(18)23)21(29-7-6-24-26-29)28-8-11-33-22(28)30/h2-7,14,21H,8-13H2,1H3. The number of aromatic nitrogens is 4. The summed E-state index contributed by atoms with van der Waals surface area (Å²) in [4.78, 5) is 20.2. The molecule has 3 aromatic rings. The minimum atomic E-state index is -2.99. The van der Waals surface area contributed by atoms with Crippen molar-refractivity contribution in [1.82, 2.24) is 24.9 Å². The highest BCUT2D eigenvalue weighted by Crippen LogP contribution is 2.32. The Morgan fingerprint density at radius 2 is 1.85 bits per heavy atom. The van der Waals surface area contributed by atoms with E-state index in [9.17, 15) is 13.2 Å². The zero-order chi connectivity index (χ0) is 23.9. The topological polar surface area (TPSA) is 111 Å². The van der Waals surface area contributed by atoms with Gasteiger partial charge >= 0.3 is 6.09 Å². The molecule has 0 aliphatic carbocycles. The lowest BCUT2D eigenvalue weighted by molar-refractivity contribution is 0.139. The molecule has 0 spiro atoms. The number of pyridine rings is 1. The second-order valence-corrected chi connectivity index (χ2v) is 10.5. The Kier molecular flexibility index (Phi) is 5.68. The molecular formula is C22H23FN6O4S. The number of halogens is 1. The van der Waals surface area contributed by atoms with Crippen molar-refractivity contribution in [2.75, 3.05) is 42.6 Å². The van der Waals surface area contributed by atoms with Crippen molar-refractivity contribution in [1.29, 1.82) is 0 Å². The van der Waals surface area contributed by atoms with Gasteiger partial charge in [0.25, 0.3) is 0 Å². The minimum Gasteiger partial charge on any atom is -0.447 e. The first-order chi connectivity index (χ1) is 16.3. The third kappa shape index (κ3) is 4.20. The highest BCUT2D eigenvalue weighted by atomic mass is 32.2. The van der Waals surface area contributed by atoms with Crippen molar-refractivity contribution in [2.45, 2.75) is 13.1 Å². The lowest BCUT2D eigenvalue weighted by atomic mass is 10.0. The quantitative estimate of drug-likeness (QED) is 0.539. The van der Waals surface area contributed by atoms with E-state index >= 15 is 4.39 Å². The van der Waals surface area contributed by atoms with E-state index in [0.29, 0.717) is 47.8 Å². The van der Waals surface area contributed by atoms with Crippen LogP contribution >= 0.6 is 0 Å². The normalized spacial score (nSPS) is 18.7. The first-order valence-electron chi connectivity index (χ1n) is 10.8. The van der Waals surface area contributed by atoms with Crippen LogP contribution in [0.5, 0.6) is 0 Å². The maximum atomic E-state index is 15.4. The van der Waals surface area contributed by atoms with Crippen LogP contribution in [0.25, 0.3) is 11.1 Å². The summed E-state index contributed by atoms with van der Waals surface area (Å²) in [6.07, 6.45) is 1.93. The Labute approximate surface area is 195 Å². The number of nitrogens with zero attached hydrogens (tertiary/aromatic N) is 6. The lowest BCUT2D eigenvalue weighted by Gasteiger charge is -2.28. The van der Waals surface area contributed by atoms with Crippen molar-refractivity contribution in [2.24, 2.45) is 0 Å². The number of rotatable bonds is 5. The molecule has 1 aromatic carbocycles. The molecule has 2 fully saturated rings. The van der Waals surface area contributed by atoms with E-state index in [1.807, 2.05) is 4.90 Å². The average Bonchev–Trinajstić information content (AvgIpc) is 3.47. The third-order valence-corrected chi connectivity index (χ3v) is 7.71. The number of hydrogen-bond donors (Lipinski definition) is 0. The van der Waals surface area contributed by atoms with Gasteiger partial charge in [0.05, 0.1) is 24.2 Å². The molecule has 1 atom stereocenters. The third-order valence-electron chi connectivity index (χ3n) is 6.10. The summed E-state index contributed by atoms with van der Waals surface area (Å²) < 4.78 is 45.3. The summed E-state index contributed by atoms with van der Waals surface area (Å²) in [6, 6.07) is 8.38. The fraction of sp³-hybridized carbons (Fsp3) is 0.364. The highest BCUT2D eigenvalue weighted by molar-refractivity contribution is 7.91. The number of carbonyl (C=O) groups excluding carboxylic acids is 1. The number of sulfone groups is 1. The van der Waals surface area contributed by atoms with Crippen LogP contribution in [-0.4, -0.2) is 77.1 Å². The highest BCUT2D eigenvalue weighted by Gasteiger charge is 2.33. The van der Waals surface area contributed by atoms with Crippen LogP contribution in [0.1, 0.15) is 17.4 Å². The van der Waals surface area contributed by atoms with Crippen molar-refractivity contribution >= 4 is 21.7 Å². The Bertz CT molecular complexity index is 1320. The molecular weight excluding hydrogens is 463 g/mol. The van der Waals surface area contributed by atoms with E-state index in [2.05, 4.69) is 15.3 Å². The number of cyclic esters (lactones) is 1. The molecule has 178 valence electrons. The van der Waals surface area contributed by atoms with Gasteiger partial charge in [0.1, 0.15) is 18.2 Å². The molecule has 2 aliphatic rings. The van der Waals surface area contributed by atoms with Crippen molar-refractivity contribution in [3.8, 4) is 11.1 Å². The van der Waals surface area contributed by atoms with Gasteiger partial charge in [0, 0.05) is 36.1 Å². The molecule has 2 aliphatic heterocycles. The molecule has 2 saturated heterocycles. The van der Waals surface area contributed by atoms with E-state index in [-0.39, 0.29) is 18.1 Å². The zero-order valence-corrected chi connectivity index (χ0v) is 19.3. The van der Waals surface area contributed by atoms with Crippen LogP contribution < -0.4 is 4.90 Å². The molecule has 0 saturated carbocycles. The number of amides is 1. The number of anilines is 1. The first kappa shape index (κ1) is 22.3. The van der Waals surface area contributed by atoms with Crippen molar-refractivity contribution < 1.29 is 22.3 Å². The molecule has 1 amide bonds. The molecule has 0 bridgehead atoms. The largest absolute Gasteiger partial charge is 0.447 e. The molecule has 1 unspecified atom stereocenters. The van der Waals surface area contributed by atoms with Gasteiger partial charge in [-0.2, -0.15) is 0 Å². The van der Waals surface area contributed by atoms with Crippen LogP contribution in [0.4, 0.5) is 15.0 Å². The van der Waals surface area contributed by atoms with Crippen LogP contribution in [0.15, 0.2) is 42.7 Å². The summed E-state index contributed by atoms with van der Waals surface area (Å²) >= 11 is 0. The average molecular weight is 487 g/mol. The van der Waals surface area contributed by atoms with E-state index in [1.165, 1.54) is 21.8 Å². The number of carbonyl (C=O) groups is 1. The van der Waals surface area contributed by atoms with Crippen LogP contribution in [-0.2, 0) is 14.6 Å². The van der Waals surface area contributed by atoms with Gasteiger partial charge in [0.15, 0.2) is 16.0 Å². The summed E-state index contributed by atoms with van der Waals surface area (Å²) in [5, 5.41) is 7.82. The Balaban J connectivity index is 1.44. The molecule has 10 nitrogen and oxygen atoms in total. The minimum absolute atomic E-state index is 0.100. The SMILES string of the molecule is Cc1nc(N2CCS(=O)(=O)CC2)ccc1-c1ccc(C(N2CCOC2=O)n2ccnn2)cc1F. The van der Waals surface area contributed by atoms with Crippen molar-refractivity contribution in [3.05, 3.63) is 59.8 Å². The number of aryl methyl sites for hydroxylation is 1. The monoisotopic (exact) mass is 486 g/mol. The van der Waals surface area contributed by atoms with Gasteiger partial charge in [-0.05, 0) is 30.7 Å². The Morgan fingerprint density at radius 3 is 2.47 bits per heavy atom. The second kappa shape index (κ2) is 8.67. The fourth-order valence-corrected chi connectivity index (χ4v) is 5.51. The predicted octanol–water partition coefficient (Wildman–Crippen LogP) is 2.02. The molecule has 2 aromatic heterocycles. The Morgan fingerprint density at radius 1 is 1.09 bits per heavy atom. The lowest BCUT2D eigenvalue weighted by Crippen LogP contribution is -2.40.